The van der Waals surface area contributed by atoms with Crippen molar-refractivity contribution in [3.63, 3.8) is 0 Å². The number of aryl methyl sites for hydroxylation is 1. The summed E-state index contributed by atoms with van der Waals surface area (Å²) in [5, 5.41) is 2.57. The lowest BCUT2D eigenvalue weighted by atomic mass is 10.1. The number of carbonyl (C=O) groups excluding carboxylic acids is 2. The molecule has 0 atom stereocenters. The molecule has 0 unspecified atom stereocenters. The number of hydrogen-bond acceptors (Lipinski definition) is 4. The number of hydrogen-bond donors (Lipinski definition) is 1. The summed E-state index contributed by atoms with van der Waals surface area (Å²) in [6.45, 7) is -0.461. The third kappa shape index (κ3) is 5.26. The molecular formula is C20H17ClF3N3O4. The molecule has 3 aromatic rings. The molecule has 0 aliphatic heterocycles. The van der Waals surface area contributed by atoms with Crippen molar-refractivity contribution in [2.75, 3.05) is 18.9 Å². The molecule has 0 saturated heterocycles. The minimum absolute atomic E-state index is 0.00480. The van der Waals surface area contributed by atoms with Crippen LogP contribution in [0.5, 0.6) is 0 Å². The number of fused-ring (bicyclic) bond motifs is 1. The lowest BCUT2D eigenvalue weighted by Gasteiger charge is -2.18. The van der Waals surface area contributed by atoms with E-state index in [9.17, 15) is 27.6 Å². The maximum atomic E-state index is 13.0. The number of halogens is 4. The van der Waals surface area contributed by atoms with Gasteiger partial charge in [-0.15, -0.1) is 0 Å². The van der Waals surface area contributed by atoms with Crippen LogP contribution in [-0.2, 0) is 22.3 Å². The Hall–Kier alpha value is -3.27. The molecule has 0 saturated carbocycles. The summed E-state index contributed by atoms with van der Waals surface area (Å²) in [6.07, 6.45) is -4.75. The summed E-state index contributed by atoms with van der Waals surface area (Å²) in [5.41, 5.74) is -0.632. The highest BCUT2D eigenvalue weighted by Crippen LogP contribution is 2.34. The van der Waals surface area contributed by atoms with Crippen LogP contribution >= 0.6 is 11.6 Å². The van der Waals surface area contributed by atoms with Gasteiger partial charge in [-0.05, 0) is 24.3 Å². The predicted molar refractivity (Wildman–Crippen MR) is 108 cm³/mol. The van der Waals surface area contributed by atoms with Gasteiger partial charge in [0, 0.05) is 31.1 Å². The fourth-order valence-corrected chi connectivity index (χ4v) is 3.14. The van der Waals surface area contributed by atoms with E-state index in [-0.39, 0.29) is 18.5 Å². The van der Waals surface area contributed by atoms with E-state index in [1.165, 1.54) is 29.8 Å². The van der Waals surface area contributed by atoms with Crippen LogP contribution in [0.1, 0.15) is 12.0 Å². The number of nitrogens with one attached hydrogen (secondary N) is 1. The Morgan fingerprint density at radius 3 is 2.61 bits per heavy atom. The molecule has 7 nitrogen and oxygen atoms in total. The van der Waals surface area contributed by atoms with Gasteiger partial charge in [0.25, 0.3) is 0 Å². The van der Waals surface area contributed by atoms with Gasteiger partial charge in [-0.3, -0.25) is 14.2 Å². The molecule has 0 spiro atoms. The average Bonchev–Trinajstić information content (AvgIpc) is 2.99. The molecule has 11 heteroatoms. The molecule has 31 heavy (non-hydrogen) atoms. The fourth-order valence-electron chi connectivity index (χ4n) is 2.98. The summed E-state index contributed by atoms with van der Waals surface area (Å²) in [5.74, 6) is -1.92. The van der Waals surface area contributed by atoms with E-state index in [0.29, 0.717) is 10.5 Å². The van der Waals surface area contributed by atoms with E-state index in [1.807, 2.05) is 0 Å². The van der Waals surface area contributed by atoms with Crippen molar-refractivity contribution in [3.8, 4) is 0 Å². The number of likely N-dealkylation sites (N-methyl/N-ethyl adjacent to an activating group) is 1. The van der Waals surface area contributed by atoms with Gasteiger partial charge >= 0.3 is 11.9 Å². The van der Waals surface area contributed by atoms with Gasteiger partial charge in [0.15, 0.2) is 5.58 Å². The van der Waals surface area contributed by atoms with Crippen molar-refractivity contribution in [1.29, 1.82) is 0 Å². The highest BCUT2D eigenvalue weighted by Gasteiger charge is 2.33. The summed E-state index contributed by atoms with van der Waals surface area (Å²) in [6, 6.07) is 9.19. The Morgan fingerprint density at radius 1 is 1.19 bits per heavy atom. The maximum Gasteiger partial charge on any atom is 0.419 e. The first-order valence-electron chi connectivity index (χ1n) is 9.05. The van der Waals surface area contributed by atoms with Crippen molar-refractivity contribution in [3.05, 3.63) is 63.6 Å². The van der Waals surface area contributed by atoms with Crippen molar-refractivity contribution in [2.24, 2.45) is 0 Å². The lowest BCUT2D eigenvalue weighted by Crippen LogP contribution is -2.36. The van der Waals surface area contributed by atoms with Crippen LogP contribution in [0.25, 0.3) is 11.1 Å². The van der Waals surface area contributed by atoms with Crippen LogP contribution in [0.4, 0.5) is 18.9 Å². The van der Waals surface area contributed by atoms with Crippen molar-refractivity contribution >= 4 is 40.2 Å². The van der Waals surface area contributed by atoms with Crippen molar-refractivity contribution < 1.29 is 27.2 Å². The topological polar surface area (TPSA) is 84.5 Å². The molecule has 1 aromatic heterocycles. The highest BCUT2D eigenvalue weighted by molar-refractivity contribution is 6.31. The zero-order valence-electron chi connectivity index (χ0n) is 16.2. The van der Waals surface area contributed by atoms with Gasteiger partial charge in [-0.1, -0.05) is 23.7 Å². The highest BCUT2D eigenvalue weighted by atomic mass is 35.5. The number of anilines is 1. The number of amides is 2. The number of alkyl halides is 3. The number of aromatic nitrogens is 1. The molecule has 0 bridgehead atoms. The molecule has 0 aliphatic carbocycles. The number of rotatable bonds is 6. The number of oxazole rings is 1. The molecule has 0 aliphatic rings. The van der Waals surface area contributed by atoms with Gasteiger partial charge in [0.2, 0.25) is 11.8 Å². The summed E-state index contributed by atoms with van der Waals surface area (Å²) in [4.78, 5) is 37.6. The monoisotopic (exact) mass is 455 g/mol. The molecule has 2 amide bonds. The second kappa shape index (κ2) is 8.84. The van der Waals surface area contributed by atoms with Gasteiger partial charge in [-0.25, -0.2) is 4.79 Å². The molecule has 2 aromatic carbocycles. The Kier molecular flexibility index (Phi) is 6.40. The SMILES string of the molecule is CN(CC(=O)Nc1ccccc1C(F)(F)F)C(=O)CCn1c(=O)oc2cc(Cl)ccc21. The van der Waals surface area contributed by atoms with Gasteiger partial charge in [0.05, 0.1) is 23.3 Å². The largest absolute Gasteiger partial charge is 0.419 e. The van der Waals surface area contributed by atoms with E-state index >= 15 is 0 Å². The normalized spacial score (nSPS) is 11.5. The molecule has 0 radical (unpaired) electrons. The van der Waals surface area contributed by atoms with Crippen LogP contribution in [0.3, 0.4) is 0 Å². The number of benzene rings is 2. The third-order valence-electron chi connectivity index (χ3n) is 4.49. The van der Waals surface area contributed by atoms with Crippen molar-refractivity contribution in [1.82, 2.24) is 9.47 Å². The third-order valence-corrected chi connectivity index (χ3v) is 4.73. The first kappa shape index (κ1) is 22.4. The van der Waals surface area contributed by atoms with Crippen LogP contribution in [0.15, 0.2) is 51.7 Å². The number of para-hydroxylation sites is 1. The van der Waals surface area contributed by atoms with E-state index < -0.39 is 41.5 Å². The quantitative estimate of drug-likeness (QED) is 0.613. The Balaban J connectivity index is 1.61. The first-order valence-corrected chi connectivity index (χ1v) is 9.43. The fraction of sp³-hybridized carbons (Fsp3) is 0.250. The summed E-state index contributed by atoms with van der Waals surface area (Å²) < 4.78 is 45.4. The maximum absolute atomic E-state index is 13.0. The molecule has 164 valence electrons. The van der Waals surface area contributed by atoms with Crippen LogP contribution in [-0.4, -0.2) is 34.9 Å². The second-order valence-corrected chi connectivity index (χ2v) is 7.16. The van der Waals surface area contributed by atoms with Crippen LogP contribution < -0.4 is 11.1 Å². The standard InChI is InChI=1S/C20H17ClF3N3O4/c1-26(11-17(28)25-14-5-3-2-4-13(14)20(22,23)24)18(29)8-9-27-15-7-6-12(21)10-16(15)31-19(27)30/h2-7,10H,8-9,11H2,1H3,(H,25,28). The number of nitrogens with zero attached hydrogens (tertiary/aromatic N) is 2. The smallest absolute Gasteiger partial charge is 0.408 e. The minimum atomic E-state index is -4.63. The van der Waals surface area contributed by atoms with Gasteiger partial charge < -0.3 is 14.6 Å². The van der Waals surface area contributed by atoms with E-state index in [1.54, 1.807) is 12.1 Å². The Labute approximate surface area is 179 Å². The summed E-state index contributed by atoms with van der Waals surface area (Å²) >= 11 is 5.86. The van der Waals surface area contributed by atoms with Gasteiger partial charge in [-0.2, -0.15) is 13.2 Å². The average molecular weight is 456 g/mol. The van der Waals surface area contributed by atoms with Crippen LogP contribution in [0.2, 0.25) is 5.02 Å². The zero-order chi connectivity index (χ0) is 22.8. The van der Waals surface area contributed by atoms with E-state index in [2.05, 4.69) is 5.32 Å². The minimum Gasteiger partial charge on any atom is -0.408 e. The van der Waals surface area contributed by atoms with E-state index in [4.69, 9.17) is 16.0 Å². The van der Waals surface area contributed by atoms with Gasteiger partial charge in [0.1, 0.15) is 0 Å². The Bertz CT molecular complexity index is 1190. The second-order valence-electron chi connectivity index (χ2n) is 6.72. The summed E-state index contributed by atoms with van der Waals surface area (Å²) in [7, 11) is 1.34. The molecule has 1 N–H and O–H groups in total. The van der Waals surface area contributed by atoms with Crippen molar-refractivity contribution in [2.45, 2.75) is 19.1 Å². The molecule has 1 heterocycles. The molecule has 3 rings (SSSR count). The predicted octanol–water partition coefficient (Wildman–Crippen LogP) is 3.75. The molecular weight excluding hydrogens is 439 g/mol. The van der Waals surface area contributed by atoms with E-state index in [0.717, 1.165) is 17.0 Å². The first-order chi connectivity index (χ1) is 14.6. The van der Waals surface area contributed by atoms with Crippen LogP contribution in [0, 0.1) is 0 Å². The zero-order valence-corrected chi connectivity index (χ0v) is 17.0. The molecule has 0 fully saturated rings. The lowest BCUT2D eigenvalue weighted by molar-refractivity contribution is -0.137. The Morgan fingerprint density at radius 2 is 1.90 bits per heavy atom. The number of carbonyl (C=O) groups is 2.